The third-order valence-electron chi connectivity index (χ3n) is 6.80. The average Bonchev–Trinajstić information content (AvgIpc) is 2.97. The molecule has 0 spiro atoms. The number of para-hydroxylation sites is 2. The molecule has 3 aliphatic rings. The lowest BCUT2D eigenvalue weighted by atomic mass is 9.78. The Morgan fingerprint density at radius 3 is 2.32 bits per heavy atom. The highest BCUT2D eigenvalue weighted by Crippen LogP contribution is 2.48. The maximum Gasteiger partial charge on any atom is 0.180 e. The Kier molecular flexibility index (Phi) is 4.23. The van der Waals surface area contributed by atoms with Crippen LogP contribution in [0.25, 0.3) is 6.08 Å². The fraction of sp³-hybridized carbons (Fsp3) is 0.222. The number of hydrogen-bond acceptors (Lipinski definition) is 4. The monoisotopic (exact) mass is 410 g/mol. The third kappa shape index (κ3) is 2.78. The maximum absolute atomic E-state index is 13.0. The van der Waals surface area contributed by atoms with Crippen molar-refractivity contribution in [2.24, 2.45) is 5.92 Å². The van der Waals surface area contributed by atoms with Crippen LogP contribution in [-0.2, 0) is 10.2 Å². The molecule has 2 aliphatic heterocycles. The molecule has 5 rings (SSSR count). The fourth-order valence-corrected chi connectivity index (χ4v) is 4.90. The van der Waals surface area contributed by atoms with Crippen molar-refractivity contribution < 1.29 is 9.90 Å². The van der Waals surface area contributed by atoms with Crippen molar-refractivity contribution in [3.05, 3.63) is 101 Å². The van der Waals surface area contributed by atoms with Crippen LogP contribution in [0.1, 0.15) is 25.0 Å². The number of ketones is 1. The lowest BCUT2D eigenvalue weighted by Crippen LogP contribution is -2.32. The van der Waals surface area contributed by atoms with E-state index in [1.807, 2.05) is 62.7 Å². The van der Waals surface area contributed by atoms with Crippen LogP contribution in [0.5, 0.6) is 0 Å². The quantitative estimate of drug-likeness (QED) is 0.724. The van der Waals surface area contributed by atoms with Gasteiger partial charge in [0.25, 0.3) is 0 Å². The third-order valence-corrected chi connectivity index (χ3v) is 6.80. The van der Waals surface area contributed by atoms with Crippen molar-refractivity contribution in [3.63, 3.8) is 0 Å². The molecule has 0 fully saturated rings. The van der Waals surface area contributed by atoms with Gasteiger partial charge in [-0.15, -0.1) is 0 Å². The number of likely N-dealkylation sites (N-methyl/N-ethyl adjacent to an activating group) is 2. The van der Waals surface area contributed by atoms with Crippen LogP contribution in [0.15, 0.2) is 89.5 Å². The number of fused-ring (bicyclic) bond motifs is 2. The summed E-state index contributed by atoms with van der Waals surface area (Å²) in [6, 6.07) is 16.4. The van der Waals surface area contributed by atoms with Crippen LogP contribution >= 0.6 is 0 Å². The first-order valence-corrected chi connectivity index (χ1v) is 10.6. The molecule has 2 aromatic carbocycles. The molecule has 0 saturated heterocycles. The highest BCUT2D eigenvalue weighted by molar-refractivity contribution is 6.10. The number of carbonyl (C=O) groups excluding carboxylic acids is 1. The maximum atomic E-state index is 13.0. The summed E-state index contributed by atoms with van der Waals surface area (Å²) in [5.74, 6) is -0.500. The second-order valence-corrected chi connectivity index (χ2v) is 8.91. The average molecular weight is 411 g/mol. The molecular weight excluding hydrogens is 384 g/mol. The Hall–Kier alpha value is -3.53. The highest BCUT2D eigenvalue weighted by Gasteiger charge is 2.42. The topological polar surface area (TPSA) is 43.8 Å². The van der Waals surface area contributed by atoms with Gasteiger partial charge in [-0.25, -0.2) is 0 Å². The van der Waals surface area contributed by atoms with Crippen LogP contribution < -0.4 is 9.80 Å². The minimum Gasteiger partial charge on any atom is -0.510 e. The molecule has 1 unspecified atom stereocenters. The van der Waals surface area contributed by atoms with Gasteiger partial charge >= 0.3 is 0 Å². The molecule has 0 saturated carbocycles. The van der Waals surface area contributed by atoms with Crippen molar-refractivity contribution in [2.75, 3.05) is 23.9 Å². The van der Waals surface area contributed by atoms with Crippen LogP contribution in [0.3, 0.4) is 0 Å². The van der Waals surface area contributed by atoms with E-state index in [1.165, 1.54) is 5.56 Å². The standard InChI is InChI=1S/C27H26N2O2/c1-27(2)21-10-6-8-12-23(21)29(4)24(27)16-20-25(30)19(26(20)31)15-18-14-13-17-9-5-7-11-22(17)28(18)3/h5-16,19,30H,1-4H3/b18-15+,24-16-. The number of aliphatic hydroxyl groups excluding tert-OH is 1. The number of allylic oxidation sites excluding steroid dienone is 5. The summed E-state index contributed by atoms with van der Waals surface area (Å²) in [4.78, 5) is 17.2. The summed E-state index contributed by atoms with van der Waals surface area (Å²) < 4.78 is 0. The van der Waals surface area contributed by atoms with Crippen molar-refractivity contribution in [1.82, 2.24) is 0 Å². The van der Waals surface area contributed by atoms with Crippen molar-refractivity contribution in [3.8, 4) is 0 Å². The van der Waals surface area contributed by atoms with Crippen molar-refractivity contribution in [2.45, 2.75) is 19.3 Å². The number of Topliss-reactive ketones (excluding diaryl/α,β-unsaturated/α-hetero) is 1. The first kappa shape index (κ1) is 19.4. The minimum absolute atomic E-state index is 0.0432. The second-order valence-electron chi connectivity index (χ2n) is 8.91. The molecule has 2 heterocycles. The number of aliphatic hydroxyl groups is 1. The van der Waals surface area contributed by atoms with Gasteiger partial charge in [-0.1, -0.05) is 56.3 Å². The first-order chi connectivity index (χ1) is 14.8. The molecule has 31 heavy (non-hydrogen) atoms. The zero-order chi connectivity index (χ0) is 21.9. The van der Waals surface area contributed by atoms with Gasteiger partial charge in [0.2, 0.25) is 0 Å². The van der Waals surface area contributed by atoms with E-state index >= 15 is 0 Å². The Labute approximate surface area is 183 Å². The van der Waals surface area contributed by atoms with E-state index in [4.69, 9.17) is 0 Å². The molecule has 0 aromatic heterocycles. The predicted octanol–water partition coefficient (Wildman–Crippen LogP) is 5.36. The highest BCUT2D eigenvalue weighted by atomic mass is 16.3. The number of rotatable bonds is 2. The molecule has 1 atom stereocenters. The SMILES string of the molecule is CN1/C(=C\C2=C(O)C(/C=C3\C=Cc4ccccc4N3C)C2=O)C(C)(C)c2ccccc21. The Morgan fingerprint density at radius 1 is 0.935 bits per heavy atom. The summed E-state index contributed by atoms with van der Waals surface area (Å²) in [7, 11) is 3.99. The number of hydrogen-bond donors (Lipinski definition) is 1. The summed E-state index contributed by atoms with van der Waals surface area (Å²) in [6.07, 6.45) is 7.75. The van der Waals surface area contributed by atoms with E-state index in [9.17, 15) is 9.90 Å². The molecule has 0 radical (unpaired) electrons. The van der Waals surface area contributed by atoms with Crippen LogP contribution in [-0.4, -0.2) is 25.0 Å². The lowest BCUT2D eigenvalue weighted by Gasteiger charge is -2.31. The predicted molar refractivity (Wildman–Crippen MR) is 126 cm³/mol. The molecule has 0 amide bonds. The van der Waals surface area contributed by atoms with Crippen LogP contribution in [0.4, 0.5) is 11.4 Å². The smallest absolute Gasteiger partial charge is 0.180 e. The summed E-state index contributed by atoms with van der Waals surface area (Å²) >= 11 is 0. The normalized spacial score (nSPS) is 24.0. The minimum atomic E-state index is -0.601. The van der Waals surface area contributed by atoms with Crippen molar-refractivity contribution >= 4 is 23.2 Å². The van der Waals surface area contributed by atoms with Gasteiger partial charge in [0, 0.05) is 42.3 Å². The van der Waals surface area contributed by atoms with E-state index < -0.39 is 5.92 Å². The fourth-order valence-electron chi connectivity index (χ4n) is 4.90. The van der Waals surface area contributed by atoms with Gasteiger partial charge in [0.15, 0.2) is 5.78 Å². The molecule has 1 N–H and O–H groups in total. The number of anilines is 2. The van der Waals surface area contributed by atoms with Crippen LogP contribution in [0.2, 0.25) is 0 Å². The zero-order valence-electron chi connectivity index (χ0n) is 18.3. The largest absolute Gasteiger partial charge is 0.510 e. The van der Waals surface area contributed by atoms with Crippen molar-refractivity contribution in [1.29, 1.82) is 0 Å². The summed E-state index contributed by atoms with van der Waals surface area (Å²) in [6.45, 7) is 4.31. The van der Waals surface area contributed by atoms with E-state index in [1.54, 1.807) is 0 Å². The number of benzene rings is 2. The molecular formula is C27H26N2O2. The molecule has 156 valence electrons. The molecule has 4 heteroatoms. The lowest BCUT2D eigenvalue weighted by molar-refractivity contribution is -0.120. The van der Waals surface area contributed by atoms with E-state index in [2.05, 4.69) is 47.9 Å². The second kappa shape index (κ2) is 6.74. The van der Waals surface area contributed by atoms with Gasteiger partial charge in [-0.2, -0.15) is 0 Å². The van der Waals surface area contributed by atoms with Gasteiger partial charge in [-0.05, 0) is 41.5 Å². The Morgan fingerprint density at radius 2 is 1.61 bits per heavy atom. The van der Waals surface area contributed by atoms with E-state index in [0.717, 1.165) is 28.3 Å². The van der Waals surface area contributed by atoms with Gasteiger partial charge < -0.3 is 14.9 Å². The summed E-state index contributed by atoms with van der Waals surface area (Å²) in [5, 5.41) is 10.8. The Bertz CT molecular complexity index is 1230. The molecule has 2 aromatic rings. The Balaban J connectivity index is 1.47. The van der Waals surface area contributed by atoms with Gasteiger partial charge in [0.1, 0.15) is 11.7 Å². The van der Waals surface area contributed by atoms with E-state index in [-0.39, 0.29) is 17.0 Å². The van der Waals surface area contributed by atoms with E-state index in [0.29, 0.717) is 5.57 Å². The number of nitrogens with zero attached hydrogens (tertiary/aromatic N) is 2. The summed E-state index contributed by atoms with van der Waals surface area (Å²) in [5.41, 5.74) is 6.67. The number of carbonyl (C=O) groups is 1. The molecule has 4 nitrogen and oxygen atoms in total. The molecule has 0 bridgehead atoms. The van der Waals surface area contributed by atoms with Gasteiger partial charge in [-0.3, -0.25) is 4.79 Å². The first-order valence-electron chi connectivity index (χ1n) is 10.6. The zero-order valence-corrected chi connectivity index (χ0v) is 18.3. The van der Waals surface area contributed by atoms with Crippen LogP contribution in [0, 0.1) is 5.92 Å². The molecule has 1 aliphatic carbocycles. The van der Waals surface area contributed by atoms with Gasteiger partial charge in [0.05, 0.1) is 5.57 Å².